The maximum absolute atomic E-state index is 12.5. The van der Waals surface area contributed by atoms with Crippen LogP contribution < -0.4 is 0 Å². The van der Waals surface area contributed by atoms with Crippen molar-refractivity contribution in [1.29, 1.82) is 5.26 Å². The van der Waals surface area contributed by atoms with Gasteiger partial charge in [0.15, 0.2) is 0 Å². The van der Waals surface area contributed by atoms with Crippen LogP contribution in [0.4, 0.5) is 0 Å². The Bertz CT molecular complexity index is 498. The molecule has 2 rings (SSSR count). The number of thioether (sulfide) groups is 1. The molecule has 1 aromatic carbocycles. The number of aliphatic hydroxyl groups excluding tert-OH is 1. The smallest absolute Gasteiger partial charge is 0.255 e. The van der Waals surface area contributed by atoms with E-state index in [1.807, 2.05) is 18.2 Å². The van der Waals surface area contributed by atoms with Gasteiger partial charge in [0, 0.05) is 11.4 Å². The molecule has 0 radical (unpaired) electrons. The van der Waals surface area contributed by atoms with Crippen LogP contribution in [0.1, 0.15) is 23.2 Å². The van der Waals surface area contributed by atoms with E-state index < -0.39 is 0 Å². The van der Waals surface area contributed by atoms with Crippen LogP contribution in [0.25, 0.3) is 0 Å². The number of aliphatic hydroxyl groups is 1. The Labute approximate surface area is 117 Å². The van der Waals surface area contributed by atoms with Gasteiger partial charge < -0.3 is 10.0 Å². The van der Waals surface area contributed by atoms with E-state index >= 15 is 0 Å². The van der Waals surface area contributed by atoms with E-state index in [9.17, 15) is 9.90 Å². The lowest BCUT2D eigenvalue weighted by Gasteiger charge is -2.24. The fourth-order valence-electron chi connectivity index (χ4n) is 2.33. The molecule has 0 aliphatic carbocycles. The van der Waals surface area contributed by atoms with Gasteiger partial charge in [-0.15, -0.1) is 11.8 Å². The summed E-state index contributed by atoms with van der Waals surface area (Å²) < 4.78 is 0. The van der Waals surface area contributed by atoms with E-state index in [-0.39, 0.29) is 18.6 Å². The molecular formula is C14H16N2O2S. The van der Waals surface area contributed by atoms with Gasteiger partial charge in [-0.2, -0.15) is 5.26 Å². The molecule has 0 spiro atoms. The average Bonchev–Trinajstić information content (AvgIpc) is 2.93. The van der Waals surface area contributed by atoms with E-state index in [2.05, 4.69) is 6.07 Å². The third-order valence-corrected chi connectivity index (χ3v) is 4.20. The molecule has 0 aromatic heterocycles. The Kier molecular flexibility index (Phi) is 4.83. The molecule has 0 bridgehead atoms. The van der Waals surface area contributed by atoms with Gasteiger partial charge in [-0.25, -0.2) is 0 Å². The molecule has 19 heavy (non-hydrogen) atoms. The summed E-state index contributed by atoms with van der Waals surface area (Å²) in [7, 11) is 0. The van der Waals surface area contributed by atoms with Gasteiger partial charge in [0.2, 0.25) is 0 Å². The van der Waals surface area contributed by atoms with Crippen LogP contribution in [0.2, 0.25) is 0 Å². The van der Waals surface area contributed by atoms with Crippen LogP contribution >= 0.6 is 11.8 Å². The largest absolute Gasteiger partial charge is 0.394 e. The lowest BCUT2D eigenvalue weighted by Crippen LogP contribution is -2.37. The minimum absolute atomic E-state index is 0.0131. The minimum atomic E-state index is -0.0680. The molecule has 1 aliphatic rings. The first-order valence-corrected chi connectivity index (χ1v) is 7.27. The van der Waals surface area contributed by atoms with Crippen LogP contribution in [0, 0.1) is 11.3 Å². The molecule has 1 N–H and O–H groups in total. The first-order valence-electron chi connectivity index (χ1n) is 6.28. The first-order chi connectivity index (χ1) is 9.27. The summed E-state index contributed by atoms with van der Waals surface area (Å²) in [5.74, 6) is 0.283. The molecule has 1 heterocycles. The third kappa shape index (κ3) is 3.09. The monoisotopic (exact) mass is 276 g/mol. The molecule has 1 fully saturated rings. The molecule has 5 heteroatoms. The van der Waals surface area contributed by atoms with Gasteiger partial charge in [0.1, 0.15) is 0 Å². The number of amides is 1. The molecule has 1 saturated heterocycles. The highest BCUT2D eigenvalue weighted by molar-refractivity contribution is 7.99. The predicted molar refractivity (Wildman–Crippen MR) is 73.9 cm³/mol. The first kappa shape index (κ1) is 13.9. The molecular weight excluding hydrogens is 260 g/mol. The quantitative estimate of drug-likeness (QED) is 0.853. The van der Waals surface area contributed by atoms with E-state index in [0.717, 1.165) is 17.7 Å². The summed E-state index contributed by atoms with van der Waals surface area (Å²) in [4.78, 5) is 15.1. The number of hydrogen-bond donors (Lipinski definition) is 1. The van der Waals surface area contributed by atoms with E-state index in [1.165, 1.54) is 11.8 Å². The van der Waals surface area contributed by atoms with Gasteiger partial charge in [-0.05, 0) is 25.0 Å². The standard InChI is InChI=1S/C14H16N2O2S/c15-7-9-19-13-6-2-1-5-12(13)14(18)16-8-3-4-11(16)10-17/h1-2,5-6,11,17H,3-4,8-10H2/t11-/m0/s1. The van der Waals surface area contributed by atoms with Crippen LogP contribution in [0.15, 0.2) is 29.2 Å². The minimum Gasteiger partial charge on any atom is -0.394 e. The zero-order valence-electron chi connectivity index (χ0n) is 10.6. The Balaban J connectivity index is 2.21. The van der Waals surface area contributed by atoms with Crippen molar-refractivity contribution < 1.29 is 9.90 Å². The van der Waals surface area contributed by atoms with Gasteiger partial charge in [0.25, 0.3) is 5.91 Å². The molecule has 1 aliphatic heterocycles. The van der Waals surface area contributed by atoms with Crippen LogP contribution in [0.5, 0.6) is 0 Å². The Morgan fingerprint density at radius 1 is 1.53 bits per heavy atom. The fourth-order valence-corrected chi connectivity index (χ4v) is 3.03. The summed E-state index contributed by atoms with van der Waals surface area (Å²) in [6.07, 6.45) is 1.79. The molecule has 100 valence electrons. The van der Waals surface area contributed by atoms with Crippen molar-refractivity contribution in [1.82, 2.24) is 4.90 Å². The number of hydrogen-bond acceptors (Lipinski definition) is 4. The molecule has 1 aromatic rings. The second-order valence-corrected chi connectivity index (χ2v) is 5.44. The summed E-state index contributed by atoms with van der Waals surface area (Å²) in [6, 6.07) is 9.34. The van der Waals surface area contributed by atoms with Crippen molar-refractivity contribution in [3.8, 4) is 6.07 Å². The number of benzene rings is 1. The second-order valence-electron chi connectivity index (χ2n) is 4.42. The second kappa shape index (κ2) is 6.60. The summed E-state index contributed by atoms with van der Waals surface area (Å²) in [6.45, 7) is 0.709. The van der Waals surface area contributed by atoms with Gasteiger partial charge in [-0.3, -0.25) is 4.79 Å². The predicted octanol–water partition coefficient (Wildman–Crippen LogP) is 1.90. The summed E-state index contributed by atoms with van der Waals surface area (Å²) >= 11 is 1.37. The lowest BCUT2D eigenvalue weighted by atomic mass is 10.1. The van der Waals surface area contributed by atoms with Crippen molar-refractivity contribution >= 4 is 17.7 Å². The molecule has 0 unspecified atom stereocenters. The zero-order valence-corrected chi connectivity index (χ0v) is 11.4. The van der Waals surface area contributed by atoms with E-state index in [4.69, 9.17) is 5.26 Å². The topological polar surface area (TPSA) is 64.3 Å². The fraction of sp³-hybridized carbons (Fsp3) is 0.429. The van der Waals surface area contributed by atoms with E-state index in [1.54, 1.807) is 11.0 Å². The number of nitriles is 1. The van der Waals surface area contributed by atoms with Crippen molar-refractivity contribution in [2.24, 2.45) is 0 Å². The Morgan fingerprint density at radius 3 is 3.05 bits per heavy atom. The highest BCUT2D eigenvalue weighted by Crippen LogP contribution is 2.26. The zero-order chi connectivity index (χ0) is 13.7. The number of rotatable bonds is 4. The van der Waals surface area contributed by atoms with Crippen molar-refractivity contribution in [2.75, 3.05) is 18.9 Å². The number of likely N-dealkylation sites (tertiary alicyclic amines) is 1. The van der Waals surface area contributed by atoms with Gasteiger partial charge >= 0.3 is 0 Å². The molecule has 0 saturated carbocycles. The normalized spacial score (nSPS) is 18.3. The molecule has 1 atom stereocenters. The SMILES string of the molecule is N#CCSc1ccccc1C(=O)N1CCC[C@H]1CO. The number of carbonyl (C=O) groups is 1. The highest BCUT2D eigenvalue weighted by atomic mass is 32.2. The molecule has 4 nitrogen and oxygen atoms in total. The summed E-state index contributed by atoms with van der Waals surface area (Å²) in [5.41, 5.74) is 0.628. The summed E-state index contributed by atoms with van der Waals surface area (Å²) in [5, 5.41) is 18.0. The Hall–Kier alpha value is -1.51. The molecule has 1 amide bonds. The van der Waals surface area contributed by atoms with Gasteiger partial charge in [0.05, 0.1) is 30.0 Å². The highest BCUT2D eigenvalue weighted by Gasteiger charge is 2.29. The van der Waals surface area contributed by atoms with Crippen LogP contribution in [-0.2, 0) is 0 Å². The van der Waals surface area contributed by atoms with Crippen molar-refractivity contribution in [3.05, 3.63) is 29.8 Å². The van der Waals surface area contributed by atoms with Gasteiger partial charge in [-0.1, -0.05) is 12.1 Å². The number of carbonyl (C=O) groups excluding carboxylic acids is 1. The van der Waals surface area contributed by atoms with Crippen molar-refractivity contribution in [3.63, 3.8) is 0 Å². The maximum atomic E-state index is 12.5. The van der Waals surface area contributed by atoms with Crippen LogP contribution in [-0.4, -0.2) is 40.9 Å². The lowest BCUT2D eigenvalue weighted by molar-refractivity contribution is 0.0674. The number of nitrogens with zero attached hydrogens (tertiary/aromatic N) is 2. The maximum Gasteiger partial charge on any atom is 0.255 e. The Morgan fingerprint density at radius 2 is 2.32 bits per heavy atom. The van der Waals surface area contributed by atoms with Crippen LogP contribution in [0.3, 0.4) is 0 Å². The van der Waals surface area contributed by atoms with E-state index in [0.29, 0.717) is 17.9 Å². The van der Waals surface area contributed by atoms with Crippen molar-refractivity contribution in [2.45, 2.75) is 23.8 Å². The third-order valence-electron chi connectivity index (χ3n) is 3.26. The average molecular weight is 276 g/mol.